The number of rotatable bonds is 9. The van der Waals surface area contributed by atoms with Gasteiger partial charge in [-0.15, -0.1) is 0 Å². The van der Waals surface area contributed by atoms with E-state index < -0.39 is 0 Å². The van der Waals surface area contributed by atoms with E-state index in [2.05, 4.69) is 60.2 Å². The average molecular weight is 383 g/mol. The van der Waals surface area contributed by atoms with Crippen molar-refractivity contribution < 1.29 is 5.11 Å². The molecule has 1 aromatic carbocycles. The first-order valence-corrected chi connectivity index (χ1v) is 10.2. The molecule has 0 fully saturated rings. The van der Waals surface area contributed by atoms with Crippen LogP contribution in [0, 0.1) is 0 Å². The van der Waals surface area contributed by atoms with Crippen LogP contribution in [-0.4, -0.2) is 51.0 Å². The highest BCUT2D eigenvalue weighted by atomic mass is 16.3. The zero-order valence-corrected chi connectivity index (χ0v) is 17.0. The molecular formula is C22H30N4O2. The lowest BCUT2D eigenvalue weighted by molar-refractivity contribution is 0.298. The minimum absolute atomic E-state index is 0.0172. The second kappa shape index (κ2) is 9.17. The maximum atomic E-state index is 13.1. The van der Waals surface area contributed by atoms with Gasteiger partial charge in [0.25, 0.3) is 5.56 Å². The molecule has 3 rings (SSSR count). The Kier molecular flexibility index (Phi) is 6.65. The Hall–Kier alpha value is -2.44. The van der Waals surface area contributed by atoms with Gasteiger partial charge in [-0.3, -0.25) is 9.89 Å². The Balaban J connectivity index is 2.13. The fourth-order valence-corrected chi connectivity index (χ4v) is 3.69. The van der Waals surface area contributed by atoms with Gasteiger partial charge in [0.05, 0.1) is 16.6 Å². The Morgan fingerprint density at radius 1 is 1.25 bits per heavy atom. The van der Waals surface area contributed by atoms with Crippen molar-refractivity contribution in [2.45, 2.75) is 40.2 Å². The summed E-state index contributed by atoms with van der Waals surface area (Å²) in [4.78, 5) is 15.4. The zero-order valence-electron chi connectivity index (χ0n) is 17.0. The molecule has 0 amide bonds. The lowest BCUT2D eigenvalue weighted by atomic mass is 10.1. The summed E-state index contributed by atoms with van der Waals surface area (Å²) in [5.74, 6) is 0. The van der Waals surface area contributed by atoms with Crippen molar-refractivity contribution in [3.05, 3.63) is 45.9 Å². The largest absolute Gasteiger partial charge is 0.396 e. The van der Waals surface area contributed by atoms with Gasteiger partial charge in [0.15, 0.2) is 0 Å². The van der Waals surface area contributed by atoms with E-state index in [0.717, 1.165) is 42.5 Å². The van der Waals surface area contributed by atoms with Crippen molar-refractivity contribution in [3.8, 4) is 0 Å². The van der Waals surface area contributed by atoms with Gasteiger partial charge < -0.3 is 14.6 Å². The third-order valence-corrected chi connectivity index (χ3v) is 5.24. The molecule has 0 unspecified atom stereocenters. The van der Waals surface area contributed by atoms with Gasteiger partial charge in [0, 0.05) is 31.5 Å². The third kappa shape index (κ3) is 3.88. The number of fused-ring (bicyclic) bond motifs is 3. The molecule has 0 atom stereocenters. The van der Waals surface area contributed by atoms with E-state index in [1.165, 1.54) is 0 Å². The number of hydrogen-bond donors (Lipinski definition) is 2. The SMILES string of the molecule is CCCn1c(=O)c2c(CCO)[nH]nc2c2cc(/C=C/CN(CC)CC)ccc21. The molecule has 0 aliphatic rings. The molecule has 2 heterocycles. The number of hydrogen-bond acceptors (Lipinski definition) is 4. The molecule has 0 aliphatic carbocycles. The van der Waals surface area contributed by atoms with Crippen molar-refractivity contribution in [2.24, 2.45) is 0 Å². The molecule has 2 aromatic heterocycles. The first-order chi connectivity index (χ1) is 13.6. The molecule has 0 bridgehead atoms. The topological polar surface area (TPSA) is 74.1 Å². The first-order valence-electron chi connectivity index (χ1n) is 10.2. The van der Waals surface area contributed by atoms with Gasteiger partial charge in [0.2, 0.25) is 0 Å². The number of benzene rings is 1. The maximum absolute atomic E-state index is 13.1. The van der Waals surface area contributed by atoms with E-state index in [-0.39, 0.29) is 12.2 Å². The van der Waals surface area contributed by atoms with Crippen LogP contribution in [-0.2, 0) is 13.0 Å². The number of aliphatic hydroxyl groups is 1. The van der Waals surface area contributed by atoms with Crippen molar-refractivity contribution in [2.75, 3.05) is 26.2 Å². The van der Waals surface area contributed by atoms with E-state index in [1.807, 2.05) is 10.6 Å². The van der Waals surface area contributed by atoms with Crippen LogP contribution in [0.3, 0.4) is 0 Å². The highest BCUT2D eigenvalue weighted by Gasteiger charge is 2.16. The Bertz CT molecular complexity index is 1030. The van der Waals surface area contributed by atoms with Gasteiger partial charge in [-0.2, -0.15) is 5.10 Å². The number of aliphatic hydroxyl groups excluding tert-OH is 1. The summed E-state index contributed by atoms with van der Waals surface area (Å²) in [6.07, 6.45) is 5.57. The lowest BCUT2D eigenvalue weighted by Crippen LogP contribution is -2.22. The predicted octanol–water partition coefficient (Wildman–Crippen LogP) is 3.18. The summed E-state index contributed by atoms with van der Waals surface area (Å²) < 4.78 is 1.83. The summed E-state index contributed by atoms with van der Waals surface area (Å²) in [7, 11) is 0. The second-order valence-corrected chi connectivity index (χ2v) is 7.02. The fourth-order valence-electron chi connectivity index (χ4n) is 3.69. The van der Waals surface area contributed by atoms with Gasteiger partial charge >= 0.3 is 0 Å². The minimum Gasteiger partial charge on any atom is -0.396 e. The van der Waals surface area contributed by atoms with Crippen LogP contribution in [0.25, 0.3) is 27.9 Å². The zero-order chi connectivity index (χ0) is 20.1. The molecule has 0 radical (unpaired) electrons. The van der Waals surface area contributed by atoms with E-state index in [0.29, 0.717) is 29.6 Å². The second-order valence-electron chi connectivity index (χ2n) is 7.02. The molecule has 0 aliphatic heterocycles. The molecule has 6 heteroatoms. The van der Waals surface area contributed by atoms with Crippen LogP contribution in [0.15, 0.2) is 29.1 Å². The number of likely N-dealkylation sites (N-methyl/N-ethyl adjacent to an activating group) is 1. The molecule has 0 spiro atoms. The van der Waals surface area contributed by atoms with Crippen molar-refractivity contribution in [1.29, 1.82) is 0 Å². The number of nitrogens with zero attached hydrogens (tertiary/aromatic N) is 3. The van der Waals surface area contributed by atoms with Crippen LogP contribution in [0.1, 0.15) is 38.4 Å². The summed E-state index contributed by atoms with van der Waals surface area (Å²) in [5, 5.41) is 18.3. The van der Waals surface area contributed by atoms with Crippen molar-refractivity contribution in [1.82, 2.24) is 19.7 Å². The monoisotopic (exact) mass is 382 g/mol. The molecule has 3 aromatic rings. The highest BCUT2D eigenvalue weighted by Crippen LogP contribution is 2.25. The van der Waals surface area contributed by atoms with Gasteiger partial charge in [-0.25, -0.2) is 0 Å². The molecule has 6 nitrogen and oxygen atoms in total. The number of aromatic amines is 1. The third-order valence-electron chi connectivity index (χ3n) is 5.24. The van der Waals surface area contributed by atoms with Crippen LogP contribution >= 0.6 is 0 Å². The van der Waals surface area contributed by atoms with Crippen LogP contribution in [0.2, 0.25) is 0 Å². The van der Waals surface area contributed by atoms with Crippen LogP contribution < -0.4 is 5.56 Å². The smallest absolute Gasteiger partial charge is 0.262 e. The summed E-state index contributed by atoms with van der Waals surface area (Å²) in [6.45, 7) is 10.0. The Labute approximate surface area is 165 Å². The number of pyridine rings is 1. The number of aromatic nitrogens is 3. The minimum atomic E-state index is -0.0358. The molecule has 0 saturated heterocycles. The van der Waals surface area contributed by atoms with Gasteiger partial charge in [-0.1, -0.05) is 39.0 Å². The van der Waals surface area contributed by atoms with Crippen LogP contribution in [0.4, 0.5) is 0 Å². The quantitative estimate of drug-likeness (QED) is 0.596. The van der Waals surface area contributed by atoms with Crippen molar-refractivity contribution in [3.63, 3.8) is 0 Å². The molecule has 2 N–H and O–H groups in total. The average Bonchev–Trinajstić information content (AvgIpc) is 3.13. The standard InChI is InChI=1S/C22H30N4O2/c1-4-12-26-19-10-9-16(8-7-13-25(5-2)6-3)15-17(19)21-20(22(26)28)18(11-14-27)23-24-21/h7-10,15,27H,4-6,11-14H2,1-3H3,(H,23,24)/b8-7+. The molecular weight excluding hydrogens is 352 g/mol. The molecule has 0 saturated carbocycles. The van der Waals surface area contributed by atoms with E-state index in [9.17, 15) is 9.90 Å². The first kappa shape index (κ1) is 20.3. The van der Waals surface area contributed by atoms with Gasteiger partial charge in [-0.05, 0) is 37.2 Å². The summed E-state index contributed by atoms with van der Waals surface area (Å²) in [5.41, 5.74) is 3.36. The molecule has 28 heavy (non-hydrogen) atoms. The fraction of sp³-hybridized carbons (Fsp3) is 0.455. The normalized spacial score (nSPS) is 12.2. The van der Waals surface area contributed by atoms with E-state index in [4.69, 9.17) is 0 Å². The summed E-state index contributed by atoms with van der Waals surface area (Å²) >= 11 is 0. The van der Waals surface area contributed by atoms with Crippen molar-refractivity contribution >= 4 is 27.9 Å². The summed E-state index contributed by atoms with van der Waals surface area (Å²) in [6, 6.07) is 6.18. The van der Waals surface area contributed by atoms with E-state index >= 15 is 0 Å². The number of nitrogens with one attached hydrogen (secondary N) is 1. The van der Waals surface area contributed by atoms with Crippen LogP contribution in [0.5, 0.6) is 0 Å². The highest BCUT2D eigenvalue weighted by molar-refractivity contribution is 6.04. The Morgan fingerprint density at radius 2 is 2.04 bits per heavy atom. The van der Waals surface area contributed by atoms with Gasteiger partial charge in [0.1, 0.15) is 5.52 Å². The maximum Gasteiger partial charge on any atom is 0.262 e. The number of aryl methyl sites for hydroxylation is 1. The van der Waals surface area contributed by atoms with E-state index in [1.54, 1.807) is 0 Å². The predicted molar refractivity (Wildman–Crippen MR) is 116 cm³/mol. The number of H-pyrrole nitrogens is 1. The Morgan fingerprint density at radius 3 is 2.71 bits per heavy atom. The lowest BCUT2D eigenvalue weighted by Gasteiger charge is -2.15. The molecule has 150 valence electrons.